The largest absolute Gasteiger partial charge is 0.477 e. The number of nitrogens with zero attached hydrogens (tertiary/aromatic N) is 5. The molecule has 2 amide bonds. The number of carboxylic acid groups (broad SMARTS) is 2. The van der Waals surface area contributed by atoms with Gasteiger partial charge in [-0.2, -0.15) is 4.57 Å². The molecule has 2 aliphatic rings. The van der Waals surface area contributed by atoms with E-state index in [1.54, 1.807) is 23.0 Å². The number of hydrogen-bond acceptors (Lipinski definition) is 12. The topological polar surface area (TPSA) is 201 Å². The molecule has 196 valence electrons. The van der Waals surface area contributed by atoms with Crippen LogP contribution < -0.4 is 15.6 Å². The number of carbonyl (C=O) groups is 4. The third-order valence-corrected chi connectivity index (χ3v) is 8.68. The Morgan fingerprint density at radius 2 is 2.11 bits per heavy atom. The molecule has 1 saturated heterocycles. The number of amides is 2. The normalized spacial score (nSPS) is 19.2. The number of carbonyl (C=O) groups excluding carboxylic acids is 2. The highest BCUT2D eigenvalue weighted by Gasteiger charge is 2.54. The number of pyridine rings is 1. The van der Waals surface area contributed by atoms with Gasteiger partial charge in [0.15, 0.2) is 29.8 Å². The molecule has 3 aromatic rings. The number of aliphatic carboxylic acids is 1. The van der Waals surface area contributed by atoms with Gasteiger partial charge >= 0.3 is 11.9 Å². The minimum absolute atomic E-state index is 0.0459. The van der Waals surface area contributed by atoms with E-state index in [1.807, 2.05) is 0 Å². The van der Waals surface area contributed by atoms with E-state index in [2.05, 4.69) is 20.4 Å². The fraction of sp³-hybridized carbons (Fsp3) is 0.238. The Bertz CT molecular complexity index is 1560. The van der Waals surface area contributed by atoms with Crippen molar-refractivity contribution < 1.29 is 38.8 Å². The molecule has 5 rings (SSSR count). The number of anilines is 1. The van der Waals surface area contributed by atoms with Crippen LogP contribution in [0.15, 0.2) is 40.3 Å². The van der Waals surface area contributed by atoms with Crippen molar-refractivity contribution >= 4 is 79.2 Å². The van der Waals surface area contributed by atoms with Crippen molar-refractivity contribution in [2.45, 2.75) is 18.0 Å². The van der Waals surface area contributed by atoms with Crippen molar-refractivity contribution in [1.82, 2.24) is 20.2 Å². The third kappa shape index (κ3) is 4.54. The molecule has 14 nitrogen and oxygen atoms in total. The maximum Gasteiger partial charge on any atom is 0.365 e. The van der Waals surface area contributed by atoms with Crippen molar-refractivity contribution in [3.05, 3.63) is 45.8 Å². The lowest BCUT2D eigenvalue weighted by atomic mass is 10.0. The van der Waals surface area contributed by atoms with E-state index in [0.717, 1.165) is 27.6 Å². The fourth-order valence-electron chi connectivity index (χ4n) is 4.04. The molecule has 3 aromatic heterocycles. The molecule has 1 unspecified atom stereocenters. The van der Waals surface area contributed by atoms with Gasteiger partial charge in [0, 0.05) is 22.8 Å². The predicted octanol–water partition coefficient (Wildman–Crippen LogP) is 0.110. The molecule has 5 N–H and O–H groups in total. The Morgan fingerprint density at radius 1 is 1.32 bits per heavy atom. The second kappa shape index (κ2) is 9.99. The number of aromatic carboxylic acids is 1. The summed E-state index contributed by atoms with van der Waals surface area (Å²) in [4.78, 5) is 63.3. The number of nitrogen functional groups attached to an aromatic ring is 1. The first kappa shape index (κ1) is 25.6. The number of thioether (sulfide) groups is 1. The average Bonchev–Trinajstić information content (AvgIpc) is 3.51. The summed E-state index contributed by atoms with van der Waals surface area (Å²) in [7, 11) is 1.26. The van der Waals surface area contributed by atoms with Gasteiger partial charge in [-0.1, -0.05) is 5.16 Å². The van der Waals surface area contributed by atoms with Gasteiger partial charge in [0.1, 0.15) is 35.4 Å². The maximum absolute atomic E-state index is 13.0. The highest BCUT2D eigenvalue weighted by atomic mass is 32.2. The number of thiazole rings is 2. The van der Waals surface area contributed by atoms with Crippen LogP contribution in [-0.2, 0) is 25.8 Å². The van der Waals surface area contributed by atoms with Crippen molar-refractivity contribution in [2.75, 3.05) is 18.6 Å². The lowest BCUT2D eigenvalue weighted by molar-refractivity contribution is -0.687. The van der Waals surface area contributed by atoms with Crippen molar-refractivity contribution in [3.8, 4) is 0 Å². The molecule has 1 fully saturated rings. The van der Waals surface area contributed by atoms with Gasteiger partial charge < -0.3 is 26.1 Å². The molecule has 0 aliphatic carbocycles. The second-order valence-corrected chi connectivity index (χ2v) is 11.0. The molecule has 5 heterocycles. The van der Waals surface area contributed by atoms with Crippen LogP contribution in [0.5, 0.6) is 0 Å². The zero-order chi connectivity index (χ0) is 27.1. The molecule has 0 radical (unpaired) electrons. The van der Waals surface area contributed by atoms with Gasteiger partial charge in [0.25, 0.3) is 11.8 Å². The number of fused-ring (bicyclic) bond motifs is 2. The van der Waals surface area contributed by atoms with E-state index in [0.29, 0.717) is 15.8 Å². The lowest BCUT2D eigenvalue weighted by Gasteiger charge is -2.49. The standard InChI is InChI=1S/C21H17N7O7S3/c1-35-26-12(10-7-37-21(22)24-10)15(29)25-13-17(30)28-14(19(31)32)8(6-36-18(13)28)4-27-3-2-11-9(5-27)23-16(38-11)20(33)34/h2-3,5,7,13,18H,4,6H2,1H3,(H4-,22,24,25,29,31,32,33,34)/p+1/b26-12-/t13?,18-/m1/s1. The molecule has 0 aromatic carbocycles. The summed E-state index contributed by atoms with van der Waals surface area (Å²) in [5.74, 6) is -3.41. The van der Waals surface area contributed by atoms with Crippen molar-refractivity contribution in [3.63, 3.8) is 0 Å². The maximum atomic E-state index is 13.0. The number of carboxylic acids is 2. The van der Waals surface area contributed by atoms with Crippen LogP contribution in [0.4, 0.5) is 5.13 Å². The van der Waals surface area contributed by atoms with Crippen molar-refractivity contribution in [2.24, 2.45) is 5.16 Å². The van der Waals surface area contributed by atoms with Crippen LogP contribution in [0, 0.1) is 0 Å². The van der Waals surface area contributed by atoms with Crippen molar-refractivity contribution in [1.29, 1.82) is 0 Å². The van der Waals surface area contributed by atoms with E-state index in [1.165, 1.54) is 24.3 Å². The Hall–Kier alpha value is -4.09. The summed E-state index contributed by atoms with van der Waals surface area (Å²) in [5.41, 5.74) is 6.45. The highest BCUT2D eigenvalue weighted by Crippen LogP contribution is 2.40. The highest BCUT2D eigenvalue weighted by molar-refractivity contribution is 8.00. The lowest BCUT2D eigenvalue weighted by Crippen LogP contribution is -2.71. The smallest absolute Gasteiger partial charge is 0.365 e. The Balaban J connectivity index is 1.36. The average molecular weight is 577 g/mol. The van der Waals surface area contributed by atoms with Crippen LogP contribution in [0.1, 0.15) is 15.5 Å². The summed E-state index contributed by atoms with van der Waals surface area (Å²) in [5, 5.41) is 26.5. The number of aromatic nitrogens is 3. The zero-order valence-electron chi connectivity index (χ0n) is 19.4. The van der Waals surface area contributed by atoms with Gasteiger partial charge in [-0.15, -0.1) is 34.4 Å². The van der Waals surface area contributed by atoms with Gasteiger partial charge in [0.2, 0.25) is 5.01 Å². The molecule has 0 spiro atoms. The number of rotatable bonds is 8. The number of β-lactam (4-membered cyclic amide) rings is 1. The van der Waals surface area contributed by atoms with E-state index in [-0.39, 0.29) is 39.5 Å². The van der Waals surface area contributed by atoms with E-state index in [4.69, 9.17) is 10.6 Å². The third-order valence-electron chi connectivity index (χ3n) is 5.64. The molecule has 38 heavy (non-hydrogen) atoms. The summed E-state index contributed by atoms with van der Waals surface area (Å²) < 4.78 is 2.36. The Kier molecular flexibility index (Phi) is 6.72. The molecule has 0 saturated carbocycles. The number of nitrogens with one attached hydrogen (secondary N) is 1. The summed E-state index contributed by atoms with van der Waals surface area (Å²) in [6.07, 6.45) is 3.32. The van der Waals surface area contributed by atoms with Gasteiger partial charge in [-0.25, -0.2) is 19.6 Å². The van der Waals surface area contributed by atoms with Crippen LogP contribution in [-0.4, -0.2) is 78.8 Å². The fourth-order valence-corrected chi connectivity index (χ4v) is 6.69. The minimum Gasteiger partial charge on any atom is -0.477 e. The molecular formula is C21H18N7O7S3+. The van der Waals surface area contributed by atoms with Crippen LogP contribution in [0.2, 0.25) is 0 Å². The first-order valence-corrected chi connectivity index (χ1v) is 13.5. The van der Waals surface area contributed by atoms with Gasteiger partial charge in [-0.3, -0.25) is 14.5 Å². The Labute approximate surface area is 225 Å². The van der Waals surface area contributed by atoms with Crippen LogP contribution in [0.25, 0.3) is 10.2 Å². The Morgan fingerprint density at radius 3 is 2.76 bits per heavy atom. The quantitative estimate of drug-likeness (QED) is 0.123. The van der Waals surface area contributed by atoms with Crippen LogP contribution in [0.3, 0.4) is 0 Å². The molecule has 17 heteroatoms. The molecule has 2 atom stereocenters. The van der Waals surface area contributed by atoms with E-state index < -0.39 is 35.2 Å². The predicted molar refractivity (Wildman–Crippen MR) is 137 cm³/mol. The molecule has 2 aliphatic heterocycles. The first-order chi connectivity index (χ1) is 18.2. The number of nitrogens with two attached hydrogens (primary N) is 1. The second-order valence-electron chi connectivity index (χ2n) is 8.00. The summed E-state index contributed by atoms with van der Waals surface area (Å²) >= 11 is 3.46. The SMILES string of the molecule is CO/N=C(\C(=O)NC1C(=O)N2C(C(=O)O)=C(C[n+]3ccc4sc(C(=O)O)nc4c3)CS[C@H]12)c1csc(N)n1. The van der Waals surface area contributed by atoms with Gasteiger partial charge in [-0.05, 0) is 0 Å². The van der Waals surface area contributed by atoms with E-state index in [9.17, 15) is 29.4 Å². The monoisotopic (exact) mass is 576 g/mol. The minimum atomic E-state index is -1.27. The molecular weight excluding hydrogens is 558 g/mol. The van der Waals surface area contributed by atoms with E-state index >= 15 is 0 Å². The molecule has 0 bridgehead atoms. The zero-order valence-corrected chi connectivity index (χ0v) is 21.8. The number of oxime groups is 1. The summed E-state index contributed by atoms with van der Waals surface area (Å²) in [6.45, 7) is 0.147. The van der Waals surface area contributed by atoms with Crippen LogP contribution >= 0.6 is 34.4 Å². The number of hydrogen-bond donors (Lipinski definition) is 4. The first-order valence-electron chi connectivity index (χ1n) is 10.7. The van der Waals surface area contributed by atoms with Gasteiger partial charge in [0.05, 0.1) is 4.70 Å². The summed E-state index contributed by atoms with van der Waals surface area (Å²) in [6, 6.07) is 0.726.